The molecule has 1 aliphatic rings. The maximum atomic E-state index is 3.76. The SMILES string of the molecule is Cc1cccc(NC2CCC(C)CC2C)c1C. The van der Waals surface area contributed by atoms with Crippen LogP contribution in [-0.4, -0.2) is 6.04 Å². The Labute approximate surface area is 106 Å². The van der Waals surface area contributed by atoms with E-state index < -0.39 is 0 Å². The Morgan fingerprint density at radius 3 is 2.59 bits per heavy atom. The fraction of sp³-hybridized carbons (Fsp3) is 0.625. The molecule has 0 saturated heterocycles. The number of anilines is 1. The Morgan fingerprint density at radius 1 is 1.12 bits per heavy atom. The van der Waals surface area contributed by atoms with Gasteiger partial charge in [0.15, 0.2) is 0 Å². The molecule has 1 aromatic rings. The first kappa shape index (κ1) is 12.5. The van der Waals surface area contributed by atoms with E-state index in [1.165, 1.54) is 36.1 Å². The smallest absolute Gasteiger partial charge is 0.0374 e. The number of hydrogen-bond donors (Lipinski definition) is 1. The summed E-state index contributed by atoms with van der Waals surface area (Å²) in [6.45, 7) is 9.17. The highest BCUT2D eigenvalue weighted by Gasteiger charge is 2.25. The molecule has 1 nitrogen and oxygen atoms in total. The van der Waals surface area contributed by atoms with Crippen molar-refractivity contribution < 1.29 is 0 Å². The van der Waals surface area contributed by atoms with Crippen molar-refractivity contribution in [3.8, 4) is 0 Å². The van der Waals surface area contributed by atoms with Crippen LogP contribution in [0.3, 0.4) is 0 Å². The Bertz CT molecular complexity index is 383. The van der Waals surface area contributed by atoms with E-state index in [9.17, 15) is 0 Å². The monoisotopic (exact) mass is 231 g/mol. The molecule has 2 rings (SSSR count). The molecule has 1 aliphatic carbocycles. The Balaban J connectivity index is 2.08. The van der Waals surface area contributed by atoms with E-state index in [0.717, 1.165) is 11.8 Å². The summed E-state index contributed by atoms with van der Waals surface area (Å²) in [5, 5.41) is 3.76. The molecule has 3 atom stereocenters. The lowest BCUT2D eigenvalue weighted by Crippen LogP contribution is -2.33. The predicted molar refractivity (Wildman–Crippen MR) is 75.5 cm³/mol. The van der Waals surface area contributed by atoms with E-state index in [2.05, 4.69) is 51.2 Å². The first-order valence-electron chi connectivity index (χ1n) is 6.90. The Morgan fingerprint density at radius 2 is 1.88 bits per heavy atom. The maximum Gasteiger partial charge on any atom is 0.0374 e. The van der Waals surface area contributed by atoms with Gasteiger partial charge in [-0.05, 0) is 62.1 Å². The second-order valence-electron chi connectivity index (χ2n) is 5.89. The topological polar surface area (TPSA) is 12.0 Å². The number of benzene rings is 1. The Kier molecular flexibility index (Phi) is 3.76. The molecular formula is C16H25N. The molecular weight excluding hydrogens is 206 g/mol. The third-order valence-electron chi connectivity index (χ3n) is 4.38. The standard InChI is InChI=1S/C16H25N/c1-11-8-9-15(13(3)10-11)17-16-7-5-6-12(2)14(16)4/h5-7,11,13,15,17H,8-10H2,1-4H3. The minimum Gasteiger partial charge on any atom is -0.382 e. The second-order valence-corrected chi connectivity index (χ2v) is 5.89. The largest absolute Gasteiger partial charge is 0.382 e. The van der Waals surface area contributed by atoms with Crippen LogP contribution in [0.4, 0.5) is 5.69 Å². The summed E-state index contributed by atoms with van der Waals surface area (Å²) in [4.78, 5) is 0. The molecule has 1 heteroatoms. The van der Waals surface area contributed by atoms with Gasteiger partial charge in [0.2, 0.25) is 0 Å². The lowest BCUT2D eigenvalue weighted by Gasteiger charge is -2.34. The van der Waals surface area contributed by atoms with Gasteiger partial charge in [0.05, 0.1) is 0 Å². The van der Waals surface area contributed by atoms with Gasteiger partial charge in [0.1, 0.15) is 0 Å². The fourth-order valence-electron chi connectivity index (χ4n) is 2.99. The third kappa shape index (κ3) is 2.83. The van der Waals surface area contributed by atoms with Gasteiger partial charge in [0, 0.05) is 11.7 Å². The minimum absolute atomic E-state index is 0.659. The van der Waals surface area contributed by atoms with Crippen molar-refractivity contribution in [1.29, 1.82) is 0 Å². The van der Waals surface area contributed by atoms with Crippen LogP contribution in [-0.2, 0) is 0 Å². The summed E-state index contributed by atoms with van der Waals surface area (Å²) in [5.74, 6) is 1.69. The summed E-state index contributed by atoms with van der Waals surface area (Å²) in [7, 11) is 0. The van der Waals surface area contributed by atoms with E-state index in [1.807, 2.05) is 0 Å². The van der Waals surface area contributed by atoms with Crippen LogP contribution in [0.15, 0.2) is 18.2 Å². The van der Waals surface area contributed by atoms with Crippen molar-refractivity contribution in [2.24, 2.45) is 11.8 Å². The van der Waals surface area contributed by atoms with Crippen molar-refractivity contribution >= 4 is 5.69 Å². The molecule has 0 spiro atoms. The molecule has 0 heterocycles. The van der Waals surface area contributed by atoms with Crippen LogP contribution in [0.5, 0.6) is 0 Å². The lowest BCUT2D eigenvalue weighted by molar-refractivity contribution is 0.276. The molecule has 0 amide bonds. The van der Waals surface area contributed by atoms with E-state index in [1.54, 1.807) is 0 Å². The van der Waals surface area contributed by atoms with Gasteiger partial charge < -0.3 is 5.32 Å². The minimum atomic E-state index is 0.659. The molecule has 1 aromatic carbocycles. The lowest BCUT2D eigenvalue weighted by atomic mass is 9.79. The van der Waals surface area contributed by atoms with Crippen LogP contribution in [0, 0.1) is 25.7 Å². The van der Waals surface area contributed by atoms with Crippen molar-refractivity contribution in [3.05, 3.63) is 29.3 Å². The van der Waals surface area contributed by atoms with Gasteiger partial charge in [-0.15, -0.1) is 0 Å². The second kappa shape index (κ2) is 5.12. The van der Waals surface area contributed by atoms with Crippen molar-refractivity contribution in [2.75, 3.05) is 5.32 Å². The molecule has 0 bridgehead atoms. The van der Waals surface area contributed by atoms with E-state index >= 15 is 0 Å². The van der Waals surface area contributed by atoms with Crippen molar-refractivity contribution in [2.45, 2.75) is 53.0 Å². The quantitative estimate of drug-likeness (QED) is 0.788. The molecule has 17 heavy (non-hydrogen) atoms. The van der Waals surface area contributed by atoms with Gasteiger partial charge in [-0.2, -0.15) is 0 Å². The highest BCUT2D eigenvalue weighted by atomic mass is 14.9. The van der Waals surface area contributed by atoms with Crippen molar-refractivity contribution in [3.63, 3.8) is 0 Å². The van der Waals surface area contributed by atoms with Gasteiger partial charge in [-0.1, -0.05) is 26.0 Å². The molecule has 3 unspecified atom stereocenters. The summed E-state index contributed by atoms with van der Waals surface area (Å²) in [6, 6.07) is 7.22. The number of nitrogens with one attached hydrogen (secondary N) is 1. The first-order chi connectivity index (χ1) is 8.08. The Hall–Kier alpha value is -0.980. The summed E-state index contributed by atoms with van der Waals surface area (Å²) >= 11 is 0. The number of hydrogen-bond acceptors (Lipinski definition) is 1. The molecule has 0 aliphatic heterocycles. The molecule has 1 saturated carbocycles. The first-order valence-corrected chi connectivity index (χ1v) is 6.90. The molecule has 94 valence electrons. The molecule has 1 fully saturated rings. The summed E-state index contributed by atoms with van der Waals surface area (Å²) in [6.07, 6.45) is 4.05. The van der Waals surface area contributed by atoms with Gasteiger partial charge >= 0.3 is 0 Å². The van der Waals surface area contributed by atoms with Crippen LogP contribution < -0.4 is 5.32 Å². The van der Waals surface area contributed by atoms with Crippen LogP contribution in [0.25, 0.3) is 0 Å². The zero-order valence-corrected chi connectivity index (χ0v) is 11.6. The summed E-state index contributed by atoms with van der Waals surface area (Å²) < 4.78 is 0. The van der Waals surface area contributed by atoms with Gasteiger partial charge in [-0.3, -0.25) is 0 Å². The highest BCUT2D eigenvalue weighted by molar-refractivity contribution is 5.54. The average molecular weight is 231 g/mol. The van der Waals surface area contributed by atoms with E-state index in [0.29, 0.717) is 6.04 Å². The van der Waals surface area contributed by atoms with Crippen LogP contribution in [0.1, 0.15) is 44.2 Å². The van der Waals surface area contributed by atoms with E-state index in [4.69, 9.17) is 0 Å². The normalized spacial score (nSPS) is 29.1. The van der Waals surface area contributed by atoms with Crippen LogP contribution >= 0.6 is 0 Å². The van der Waals surface area contributed by atoms with Crippen LogP contribution in [0.2, 0.25) is 0 Å². The molecule has 0 aromatic heterocycles. The summed E-state index contributed by atoms with van der Waals surface area (Å²) in [5.41, 5.74) is 4.11. The predicted octanol–water partition coefficient (Wildman–Crippen LogP) is 4.54. The van der Waals surface area contributed by atoms with E-state index in [-0.39, 0.29) is 0 Å². The fourth-order valence-corrected chi connectivity index (χ4v) is 2.99. The highest BCUT2D eigenvalue weighted by Crippen LogP contribution is 2.31. The zero-order chi connectivity index (χ0) is 12.4. The van der Waals surface area contributed by atoms with Gasteiger partial charge in [0.25, 0.3) is 0 Å². The third-order valence-corrected chi connectivity index (χ3v) is 4.38. The molecule has 1 N–H and O–H groups in total. The average Bonchev–Trinajstić information content (AvgIpc) is 2.28. The zero-order valence-electron chi connectivity index (χ0n) is 11.6. The number of rotatable bonds is 2. The number of aryl methyl sites for hydroxylation is 1. The maximum absolute atomic E-state index is 3.76. The van der Waals surface area contributed by atoms with Gasteiger partial charge in [-0.25, -0.2) is 0 Å². The van der Waals surface area contributed by atoms with Crippen molar-refractivity contribution in [1.82, 2.24) is 0 Å². The molecule has 0 radical (unpaired) electrons.